The first-order chi connectivity index (χ1) is 7.47. The molecular formula is C12H19NO3. The second-order valence-corrected chi connectivity index (χ2v) is 4.61. The first kappa shape index (κ1) is 12.7. The van der Waals surface area contributed by atoms with Crippen molar-refractivity contribution in [1.29, 1.82) is 0 Å². The van der Waals surface area contributed by atoms with E-state index in [9.17, 15) is 9.59 Å². The number of carbonyl (C=O) groups excluding carboxylic acids is 1. The molecule has 1 unspecified atom stereocenters. The Bertz CT molecular complexity index is 303. The molecule has 1 aliphatic rings. The second kappa shape index (κ2) is 5.14. The van der Waals surface area contributed by atoms with Crippen LogP contribution in [0.25, 0.3) is 0 Å². The predicted octanol–water partition coefficient (Wildman–Crippen LogP) is 1.71. The zero-order chi connectivity index (χ0) is 12.2. The quantitative estimate of drug-likeness (QED) is 0.700. The maximum atomic E-state index is 11.9. The fourth-order valence-electron chi connectivity index (χ4n) is 1.82. The molecule has 1 rings (SSSR count). The van der Waals surface area contributed by atoms with Crippen LogP contribution in [0.2, 0.25) is 0 Å². The lowest BCUT2D eigenvalue weighted by atomic mass is 9.93. The molecule has 0 heterocycles. The highest BCUT2D eigenvalue weighted by Gasteiger charge is 2.30. The number of aliphatic carboxylic acids is 1. The number of carbonyl (C=O) groups is 2. The fourth-order valence-corrected chi connectivity index (χ4v) is 1.82. The van der Waals surface area contributed by atoms with E-state index in [0.717, 1.165) is 12.8 Å². The van der Waals surface area contributed by atoms with Crippen LogP contribution in [0.4, 0.5) is 0 Å². The average molecular weight is 225 g/mol. The van der Waals surface area contributed by atoms with Gasteiger partial charge >= 0.3 is 5.97 Å². The summed E-state index contributed by atoms with van der Waals surface area (Å²) >= 11 is 0. The highest BCUT2D eigenvalue weighted by Crippen LogP contribution is 2.21. The monoisotopic (exact) mass is 225 g/mol. The molecule has 2 N–H and O–H groups in total. The third-order valence-corrected chi connectivity index (χ3v) is 3.13. The molecule has 1 atom stereocenters. The van der Waals surface area contributed by atoms with Crippen LogP contribution in [0, 0.1) is 5.92 Å². The molecule has 16 heavy (non-hydrogen) atoms. The summed E-state index contributed by atoms with van der Waals surface area (Å²) in [6, 6.07) is 0. The van der Waals surface area contributed by atoms with Crippen molar-refractivity contribution < 1.29 is 14.7 Å². The number of rotatable bonds is 5. The van der Waals surface area contributed by atoms with Gasteiger partial charge in [0.25, 0.3) is 0 Å². The largest absolute Gasteiger partial charge is 0.481 e. The van der Waals surface area contributed by atoms with Gasteiger partial charge in [0, 0.05) is 11.5 Å². The van der Waals surface area contributed by atoms with E-state index < -0.39 is 11.5 Å². The van der Waals surface area contributed by atoms with Gasteiger partial charge in [0.15, 0.2) is 0 Å². The Morgan fingerprint density at radius 2 is 2.00 bits per heavy atom. The molecule has 0 bridgehead atoms. The van der Waals surface area contributed by atoms with Gasteiger partial charge in [-0.05, 0) is 26.2 Å². The van der Waals surface area contributed by atoms with E-state index >= 15 is 0 Å². The van der Waals surface area contributed by atoms with Crippen LogP contribution in [0.15, 0.2) is 12.2 Å². The smallest absolute Gasteiger partial charge is 0.305 e. The number of allylic oxidation sites excluding steroid dienone is 2. The maximum absolute atomic E-state index is 11.9. The Balaban J connectivity index is 2.54. The van der Waals surface area contributed by atoms with Crippen LogP contribution < -0.4 is 5.32 Å². The zero-order valence-corrected chi connectivity index (χ0v) is 9.82. The molecule has 0 saturated carbocycles. The SMILES string of the molecule is CCC(C)(CC(=O)O)NC(=O)C1CC=CC1. The van der Waals surface area contributed by atoms with Crippen LogP contribution in [-0.4, -0.2) is 22.5 Å². The summed E-state index contributed by atoms with van der Waals surface area (Å²) < 4.78 is 0. The van der Waals surface area contributed by atoms with E-state index in [1.54, 1.807) is 6.92 Å². The summed E-state index contributed by atoms with van der Waals surface area (Å²) in [6.07, 6.45) is 6.09. The van der Waals surface area contributed by atoms with Gasteiger partial charge in [0.1, 0.15) is 0 Å². The number of nitrogens with one attached hydrogen (secondary N) is 1. The van der Waals surface area contributed by atoms with Crippen LogP contribution in [0.1, 0.15) is 39.5 Å². The Morgan fingerprint density at radius 3 is 2.44 bits per heavy atom. The number of hydrogen-bond acceptors (Lipinski definition) is 2. The molecule has 0 aliphatic heterocycles. The fraction of sp³-hybridized carbons (Fsp3) is 0.667. The molecule has 0 radical (unpaired) electrons. The average Bonchev–Trinajstić information content (AvgIpc) is 2.69. The lowest BCUT2D eigenvalue weighted by molar-refractivity contribution is -0.139. The van der Waals surface area contributed by atoms with Crippen molar-refractivity contribution in [2.75, 3.05) is 0 Å². The Morgan fingerprint density at radius 1 is 1.44 bits per heavy atom. The van der Waals surface area contributed by atoms with E-state index in [2.05, 4.69) is 5.32 Å². The number of carboxylic acid groups (broad SMARTS) is 1. The van der Waals surface area contributed by atoms with Crippen LogP contribution >= 0.6 is 0 Å². The van der Waals surface area contributed by atoms with Gasteiger partial charge in [-0.15, -0.1) is 0 Å². The Kier molecular flexibility index (Phi) is 4.10. The molecule has 0 fully saturated rings. The standard InChI is InChI=1S/C12H19NO3/c1-3-12(2,8-10(14)15)13-11(16)9-6-4-5-7-9/h4-5,9H,3,6-8H2,1-2H3,(H,13,16)(H,14,15). The summed E-state index contributed by atoms with van der Waals surface area (Å²) in [5, 5.41) is 11.7. The molecule has 0 aromatic heterocycles. The first-order valence-corrected chi connectivity index (χ1v) is 5.65. The minimum absolute atomic E-state index is 0.0142. The predicted molar refractivity (Wildman–Crippen MR) is 61.0 cm³/mol. The van der Waals surface area contributed by atoms with Gasteiger partial charge in [-0.2, -0.15) is 0 Å². The number of carboxylic acids is 1. The minimum atomic E-state index is -0.880. The summed E-state index contributed by atoms with van der Waals surface area (Å²) in [6.45, 7) is 3.66. The molecule has 90 valence electrons. The van der Waals surface area contributed by atoms with Crippen LogP contribution in [0.5, 0.6) is 0 Å². The molecule has 0 aromatic carbocycles. The van der Waals surface area contributed by atoms with Crippen molar-refractivity contribution >= 4 is 11.9 Å². The maximum Gasteiger partial charge on any atom is 0.305 e. The van der Waals surface area contributed by atoms with E-state index in [4.69, 9.17) is 5.11 Å². The van der Waals surface area contributed by atoms with Gasteiger partial charge in [0.05, 0.1) is 6.42 Å². The minimum Gasteiger partial charge on any atom is -0.481 e. The van der Waals surface area contributed by atoms with Crippen molar-refractivity contribution in [3.8, 4) is 0 Å². The van der Waals surface area contributed by atoms with Gasteiger partial charge in [-0.3, -0.25) is 9.59 Å². The Hall–Kier alpha value is -1.32. The topological polar surface area (TPSA) is 66.4 Å². The summed E-state index contributed by atoms with van der Waals surface area (Å²) in [4.78, 5) is 22.6. The van der Waals surface area contributed by atoms with E-state index in [1.165, 1.54) is 0 Å². The molecule has 0 spiro atoms. The van der Waals surface area contributed by atoms with Crippen LogP contribution in [0.3, 0.4) is 0 Å². The van der Waals surface area contributed by atoms with E-state index in [1.807, 2.05) is 19.1 Å². The first-order valence-electron chi connectivity index (χ1n) is 5.65. The number of amides is 1. The third kappa shape index (κ3) is 3.36. The second-order valence-electron chi connectivity index (χ2n) is 4.61. The molecule has 4 nitrogen and oxygen atoms in total. The Labute approximate surface area is 95.7 Å². The van der Waals surface area contributed by atoms with Crippen LogP contribution in [-0.2, 0) is 9.59 Å². The molecule has 0 saturated heterocycles. The van der Waals surface area contributed by atoms with E-state index in [0.29, 0.717) is 6.42 Å². The zero-order valence-electron chi connectivity index (χ0n) is 9.82. The molecule has 4 heteroatoms. The van der Waals surface area contributed by atoms with Crippen molar-refractivity contribution in [3.63, 3.8) is 0 Å². The van der Waals surface area contributed by atoms with Gasteiger partial charge in [-0.1, -0.05) is 19.1 Å². The lowest BCUT2D eigenvalue weighted by Crippen LogP contribution is -2.48. The highest BCUT2D eigenvalue weighted by molar-refractivity contribution is 5.81. The molecule has 1 amide bonds. The van der Waals surface area contributed by atoms with Crippen molar-refractivity contribution in [1.82, 2.24) is 5.32 Å². The molecule has 1 aliphatic carbocycles. The molecular weight excluding hydrogens is 206 g/mol. The summed E-state index contributed by atoms with van der Waals surface area (Å²) in [5.74, 6) is -0.926. The van der Waals surface area contributed by atoms with Crippen molar-refractivity contribution in [2.24, 2.45) is 5.92 Å². The third-order valence-electron chi connectivity index (χ3n) is 3.13. The normalized spacial score (nSPS) is 19.4. The number of hydrogen-bond donors (Lipinski definition) is 2. The van der Waals surface area contributed by atoms with Crippen molar-refractivity contribution in [3.05, 3.63) is 12.2 Å². The lowest BCUT2D eigenvalue weighted by Gasteiger charge is -2.29. The summed E-state index contributed by atoms with van der Waals surface area (Å²) in [5.41, 5.74) is -0.633. The van der Waals surface area contributed by atoms with Gasteiger partial charge in [-0.25, -0.2) is 0 Å². The highest BCUT2D eigenvalue weighted by atomic mass is 16.4. The van der Waals surface area contributed by atoms with Crippen molar-refractivity contribution in [2.45, 2.75) is 45.1 Å². The van der Waals surface area contributed by atoms with Gasteiger partial charge in [0.2, 0.25) is 5.91 Å². The molecule has 0 aromatic rings. The van der Waals surface area contributed by atoms with E-state index in [-0.39, 0.29) is 18.2 Å². The van der Waals surface area contributed by atoms with Gasteiger partial charge < -0.3 is 10.4 Å². The summed E-state index contributed by atoms with van der Waals surface area (Å²) in [7, 11) is 0.